The number of anilines is 1. The van der Waals surface area contributed by atoms with Gasteiger partial charge in [0.1, 0.15) is 5.82 Å². The predicted molar refractivity (Wildman–Crippen MR) is 102 cm³/mol. The number of aryl methyl sites for hydroxylation is 1. The Morgan fingerprint density at radius 3 is 2.36 bits per heavy atom. The van der Waals surface area contributed by atoms with Crippen molar-refractivity contribution in [2.75, 3.05) is 5.32 Å². The molecule has 0 bridgehead atoms. The molecule has 1 aliphatic carbocycles. The summed E-state index contributed by atoms with van der Waals surface area (Å²) in [6.07, 6.45) is 0.739. The van der Waals surface area contributed by atoms with E-state index in [0.717, 1.165) is 17.7 Å². The number of amides is 1. The van der Waals surface area contributed by atoms with Gasteiger partial charge in [-0.25, -0.2) is 4.39 Å². The lowest BCUT2D eigenvalue weighted by atomic mass is 9.75. The molecule has 2 aromatic rings. The van der Waals surface area contributed by atoms with Crippen LogP contribution in [0.3, 0.4) is 0 Å². The van der Waals surface area contributed by atoms with E-state index in [0.29, 0.717) is 0 Å². The summed E-state index contributed by atoms with van der Waals surface area (Å²) in [7, 11) is 0. The summed E-state index contributed by atoms with van der Waals surface area (Å²) in [4.78, 5) is 12.9. The Labute approximate surface area is 150 Å². The molecule has 1 fully saturated rings. The number of carbonyl (C=O) groups excluding carboxylic acids is 1. The first-order valence-corrected chi connectivity index (χ1v) is 9.10. The Morgan fingerprint density at radius 2 is 1.76 bits per heavy atom. The third-order valence-electron chi connectivity index (χ3n) is 5.81. The van der Waals surface area contributed by atoms with Crippen LogP contribution in [-0.4, -0.2) is 5.91 Å². The molecule has 1 amide bonds. The number of hydrogen-bond acceptors (Lipinski definition) is 1. The summed E-state index contributed by atoms with van der Waals surface area (Å²) >= 11 is 0. The van der Waals surface area contributed by atoms with Crippen molar-refractivity contribution in [1.82, 2.24) is 0 Å². The maximum Gasteiger partial charge on any atom is 0.236 e. The topological polar surface area (TPSA) is 29.1 Å². The van der Waals surface area contributed by atoms with Crippen LogP contribution in [0, 0.1) is 18.7 Å². The highest BCUT2D eigenvalue weighted by molar-refractivity contribution is 6.10. The summed E-state index contributed by atoms with van der Waals surface area (Å²) in [6, 6.07) is 13.0. The third-order valence-corrected chi connectivity index (χ3v) is 5.81. The molecule has 0 aromatic heterocycles. The monoisotopic (exact) mass is 341 g/mol. The molecule has 1 saturated carbocycles. The Hall–Kier alpha value is -2.16. The van der Waals surface area contributed by atoms with Gasteiger partial charge >= 0.3 is 0 Å². The van der Waals surface area contributed by atoms with Crippen molar-refractivity contribution >= 4 is 11.6 Å². The highest BCUT2D eigenvalue weighted by Crippen LogP contribution is 2.72. The van der Waals surface area contributed by atoms with Crippen molar-refractivity contribution in [2.45, 2.75) is 51.9 Å². The molecule has 0 saturated heterocycles. The minimum atomic E-state index is -0.631. The van der Waals surface area contributed by atoms with Crippen LogP contribution >= 0.6 is 0 Å². The van der Waals surface area contributed by atoms with Crippen LogP contribution in [0.5, 0.6) is 0 Å². The molecule has 0 radical (unpaired) electrons. The molecule has 3 heteroatoms. The van der Waals surface area contributed by atoms with Gasteiger partial charge in [0.25, 0.3) is 0 Å². The molecule has 1 heterocycles. The zero-order valence-electron chi connectivity index (χ0n) is 15.6. The molecule has 25 heavy (non-hydrogen) atoms. The van der Waals surface area contributed by atoms with E-state index in [9.17, 15) is 9.18 Å². The predicted octanol–water partition coefficient (Wildman–Crippen LogP) is 5.59. The van der Waals surface area contributed by atoms with Gasteiger partial charge in [0.2, 0.25) is 5.91 Å². The van der Waals surface area contributed by atoms with Gasteiger partial charge in [0.05, 0.1) is 5.41 Å². The van der Waals surface area contributed by atoms with Gasteiger partial charge in [-0.05, 0) is 48.6 Å². The van der Waals surface area contributed by atoms with Gasteiger partial charge in [0, 0.05) is 12.5 Å². The maximum absolute atomic E-state index is 13.8. The Balaban J connectivity index is 0.000000784. The standard InChI is InChI=1S/C20H20FNO.C2H6.H2/c1-12(2)19(14-6-4-13(3)5-7-14)11-20(19)16-10-15(21)8-9-17(16)22-18(20)23;1-2;/h4-10,12H,11H2,1-3H3,(H,22,23);1-2H3;1H/t19-,20-;;/m1../s1. The first kappa shape index (κ1) is 17.7. The molecule has 1 spiro atoms. The zero-order valence-corrected chi connectivity index (χ0v) is 15.6. The lowest BCUT2D eigenvalue weighted by Crippen LogP contribution is -2.33. The second-order valence-corrected chi connectivity index (χ2v) is 7.22. The lowest BCUT2D eigenvalue weighted by molar-refractivity contribution is -0.118. The van der Waals surface area contributed by atoms with E-state index < -0.39 is 5.41 Å². The average molecular weight is 341 g/mol. The van der Waals surface area contributed by atoms with Crippen molar-refractivity contribution < 1.29 is 10.6 Å². The summed E-state index contributed by atoms with van der Waals surface area (Å²) in [6.45, 7) is 10.4. The first-order chi connectivity index (χ1) is 11.9. The number of benzene rings is 2. The van der Waals surface area contributed by atoms with Crippen molar-refractivity contribution in [3.05, 3.63) is 65.0 Å². The van der Waals surface area contributed by atoms with Crippen LogP contribution < -0.4 is 5.32 Å². The van der Waals surface area contributed by atoms with Gasteiger partial charge in [-0.1, -0.05) is 57.5 Å². The highest BCUT2D eigenvalue weighted by Gasteiger charge is 2.76. The number of carbonyl (C=O) groups is 1. The molecule has 0 unspecified atom stereocenters. The summed E-state index contributed by atoms with van der Waals surface area (Å²) < 4.78 is 13.8. The second kappa shape index (κ2) is 5.98. The number of halogens is 1. The Morgan fingerprint density at radius 1 is 1.12 bits per heavy atom. The lowest BCUT2D eigenvalue weighted by Gasteiger charge is -2.26. The van der Waals surface area contributed by atoms with Crippen molar-refractivity contribution in [1.29, 1.82) is 0 Å². The van der Waals surface area contributed by atoms with E-state index in [1.165, 1.54) is 23.3 Å². The van der Waals surface area contributed by atoms with E-state index in [1.54, 1.807) is 6.07 Å². The Kier molecular flexibility index (Phi) is 4.22. The van der Waals surface area contributed by atoms with Crippen LogP contribution in [0.25, 0.3) is 0 Å². The van der Waals surface area contributed by atoms with Crippen LogP contribution in [0.1, 0.15) is 52.2 Å². The third kappa shape index (κ3) is 2.25. The Bertz CT molecular complexity index is 817. The van der Waals surface area contributed by atoms with E-state index in [4.69, 9.17) is 0 Å². The maximum atomic E-state index is 13.8. The minimum absolute atomic E-state index is 0. The smallest absolute Gasteiger partial charge is 0.236 e. The number of nitrogens with one attached hydrogen (secondary N) is 1. The minimum Gasteiger partial charge on any atom is -0.325 e. The number of rotatable bonds is 2. The van der Waals surface area contributed by atoms with Crippen LogP contribution in [0.4, 0.5) is 10.1 Å². The number of fused-ring (bicyclic) bond motifs is 2. The van der Waals surface area contributed by atoms with Gasteiger partial charge in [-0.2, -0.15) is 0 Å². The SMILES string of the molecule is CC.Cc1ccc([C@]2(C(C)C)C[C@@]23C(=O)Nc2ccc(F)cc23)cc1.[HH]. The molecule has 2 aromatic carbocycles. The summed E-state index contributed by atoms with van der Waals surface area (Å²) in [5, 5.41) is 2.96. The molecular weight excluding hydrogens is 313 g/mol. The first-order valence-electron chi connectivity index (χ1n) is 9.10. The molecule has 2 aliphatic rings. The quantitative estimate of drug-likeness (QED) is 0.757. The number of hydrogen-bond donors (Lipinski definition) is 1. The average Bonchev–Trinajstić information content (AvgIpc) is 3.24. The van der Waals surface area contributed by atoms with Gasteiger partial charge in [-0.15, -0.1) is 0 Å². The fourth-order valence-electron chi connectivity index (χ4n) is 4.55. The zero-order chi connectivity index (χ0) is 18.4. The van der Waals surface area contributed by atoms with Gasteiger partial charge in [0.15, 0.2) is 0 Å². The molecule has 2 nitrogen and oxygen atoms in total. The molecule has 2 atom stereocenters. The molecule has 1 N–H and O–H groups in total. The fraction of sp³-hybridized carbons (Fsp3) is 0.409. The fourth-order valence-corrected chi connectivity index (χ4v) is 4.55. The highest BCUT2D eigenvalue weighted by atomic mass is 19.1. The molecule has 1 aliphatic heterocycles. The normalized spacial score (nSPS) is 26.1. The van der Waals surface area contributed by atoms with Crippen LogP contribution in [0.2, 0.25) is 0 Å². The van der Waals surface area contributed by atoms with E-state index >= 15 is 0 Å². The van der Waals surface area contributed by atoms with Gasteiger partial charge < -0.3 is 5.32 Å². The van der Waals surface area contributed by atoms with Gasteiger partial charge in [-0.3, -0.25) is 4.79 Å². The van der Waals surface area contributed by atoms with Crippen molar-refractivity contribution in [3.8, 4) is 0 Å². The van der Waals surface area contributed by atoms with E-state index in [2.05, 4.69) is 50.4 Å². The summed E-state index contributed by atoms with van der Waals surface area (Å²) in [5.74, 6) is 0.00522. The second-order valence-electron chi connectivity index (χ2n) is 7.22. The summed E-state index contributed by atoms with van der Waals surface area (Å²) in [5.41, 5.74) is 3.05. The van der Waals surface area contributed by atoms with Crippen molar-refractivity contribution in [3.63, 3.8) is 0 Å². The molecule has 4 rings (SSSR count). The van der Waals surface area contributed by atoms with Crippen molar-refractivity contribution in [2.24, 2.45) is 5.92 Å². The van der Waals surface area contributed by atoms with Crippen LogP contribution in [0.15, 0.2) is 42.5 Å². The van der Waals surface area contributed by atoms with E-state index in [-0.39, 0.29) is 24.5 Å². The van der Waals surface area contributed by atoms with Crippen LogP contribution in [-0.2, 0) is 15.6 Å². The molecule has 134 valence electrons. The largest absolute Gasteiger partial charge is 0.325 e. The molecular formula is C22H28FNO. The van der Waals surface area contributed by atoms with E-state index in [1.807, 2.05) is 13.8 Å².